The number of nitrogens with one attached hydrogen (secondary N) is 1. The third-order valence-electron chi connectivity index (χ3n) is 4.10. The van der Waals surface area contributed by atoms with Gasteiger partial charge < -0.3 is 14.8 Å². The van der Waals surface area contributed by atoms with Gasteiger partial charge in [0.15, 0.2) is 11.5 Å². The number of amides is 1. The zero-order valence-electron chi connectivity index (χ0n) is 14.3. The highest BCUT2D eigenvalue weighted by Crippen LogP contribution is 2.32. The Morgan fingerprint density at radius 3 is 2.60 bits per heavy atom. The molecule has 6 heteroatoms. The van der Waals surface area contributed by atoms with E-state index in [4.69, 9.17) is 9.47 Å². The van der Waals surface area contributed by atoms with Crippen molar-refractivity contribution in [3.63, 3.8) is 0 Å². The number of benzene rings is 2. The number of hydrogen-bond donors (Lipinski definition) is 1. The average molecular weight is 344 g/mol. The first kappa shape index (κ1) is 17.2. The van der Waals surface area contributed by atoms with Gasteiger partial charge in [-0.25, -0.2) is 4.39 Å². The van der Waals surface area contributed by atoms with Crippen LogP contribution in [0.2, 0.25) is 0 Å². The molecule has 1 atom stereocenters. The van der Waals surface area contributed by atoms with E-state index in [-0.39, 0.29) is 18.5 Å². The molecular weight excluding hydrogens is 323 g/mol. The predicted octanol–water partition coefficient (Wildman–Crippen LogP) is 2.52. The summed E-state index contributed by atoms with van der Waals surface area (Å²) in [6.45, 7) is 0.752. The van der Waals surface area contributed by atoms with E-state index in [9.17, 15) is 9.18 Å². The van der Waals surface area contributed by atoms with Crippen LogP contribution in [0, 0.1) is 5.82 Å². The van der Waals surface area contributed by atoms with Gasteiger partial charge >= 0.3 is 0 Å². The number of halogens is 1. The Kier molecular flexibility index (Phi) is 5.19. The Morgan fingerprint density at radius 1 is 1.16 bits per heavy atom. The summed E-state index contributed by atoms with van der Waals surface area (Å²) >= 11 is 0. The Bertz CT molecular complexity index is 747. The van der Waals surface area contributed by atoms with Crippen LogP contribution in [0.1, 0.15) is 17.2 Å². The Balaban J connectivity index is 1.59. The van der Waals surface area contributed by atoms with Crippen LogP contribution in [0.4, 0.5) is 4.39 Å². The van der Waals surface area contributed by atoms with Crippen molar-refractivity contribution in [1.82, 2.24) is 10.2 Å². The highest BCUT2D eigenvalue weighted by atomic mass is 19.1. The zero-order valence-corrected chi connectivity index (χ0v) is 14.3. The van der Waals surface area contributed by atoms with E-state index in [1.165, 1.54) is 12.1 Å². The molecular formula is C19H21FN2O3. The SMILES string of the molecule is CN(C)[C@H](C(=O)NCCc1ccc2c(c1)OCO2)c1ccc(F)cc1. The molecule has 132 valence electrons. The lowest BCUT2D eigenvalue weighted by molar-refractivity contribution is -0.125. The van der Waals surface area contributed by atoms with Gasteiger partial charge in [0.05, 0.1) is 0 Å². The quantitative estimate of drug-likeness (QED) is 0.875. The topological polar surface area (TPSA) is 50.8 Å². The van der Waals surface area contributed by atoms with Crippen molar-refractivity contribution < 1.29 is 18.7 Å². The normalized spacial score (nSPS) is 13.8. The summed E-state index contributed by atoms with van der Waals surface area (Å²) in [6, 6.07) is 11.3. The van der Waals surface area contributed by atoms with Crippen LogP contribution < -0.4 is 14.8 Å². The molecule has 0 aromatic heterocycles. The van der Waals surface area contributed by atoms with E-state index in [1.807, 2.05) is 37.2 Å². The number of ether oxygens (including phenoxy) is 2. The van der Waals surface area contributed by atoms with Crippen LogP contribution in [0.5, 0.6) is 11.5 Å². The fraction of sp³-hybridized carbons (Fsp3) is 0.316. The van der Waals surface area contributed by atoms with Gasteiger partial charge in [-0.2, -0.15) is 0 Å². The molecule has 2 aromatic carbocycles. The van der Waals surface area contributed by atoms with Crippen molar-refractivity contribution >= 4 is 5.91 Å². The molecule has 3 rings (SSSR count). The first-order valence-electron chi connectivity index (χ1n) is 8.13. The Labute approximate surface area is 146 Å². The Hall–Kier alpha value is -2.60. The highest BCUT2D eigenvalue weighted by molar-refractivity contribution is 5.83. The minimum Gasteiger partial charge on any atom is -0.454 e. The van der Waals surface area contributed by atoms with Gasteiger partial charge in [-0.05, 0) is 55.9 Å². The van der Waals surface area contributed by atoms with E-state index in [0.717, 1.165) is 22.6 Å². The molecule has 0 unspecified atom stereocenters. The number of carbonyl (C=O) groups is 1. The Morgan fingerprint density at radius 2 is 1.88 bits per heavy atom. The van der Waals surface area contributed by atoms with Gasteiger partial charge in [-0.3, -0.25) is 9.69 Å². The van der Waals surface area contributed by atoms with Crippen LogP contribution >= 0.6 is 0 Å². The fourth-order valence-electron chi connectivity index (χ4n) is 2.85. The lowest BCUT2D eigenvalue weighted by Crippen LogP contribution is -2.37. The van der Waals surface area contributed by atoms with Crippen LogP contribution in [0.25, 0.3) is 0 Å². The monoisotopic (exact) mass is 344 g/mol. The average Bonchev–Trinajstić information content (AvgIpc) is 3.04. The smallest absolute Gasteiger partial charge is 0.241 e. The molecule has 0 bridgehead atoms. The highest BCUT2D eigenvalue weighted by Gasteiger charge is 2.22. The second kappa shape index (κ2) is 7.53. The van der Waals surface area contributed by atoms with Crippen molar-refractivity contribution in [2.45, 2.75) is 12.5 Å². The van der Waals surface area contributed by atoms with E-state index in [2.05, 4.69) is 5.32 Å². The second-order valence-corrected chi connectivity index (χ2v) is 6.15. The molecule has 1 N–H and O–H groups in total. The molecule has 1 aliphatic rings. The molecule has 0 spiro atoms. The van der Waals surface area contributed by atoms with E-state index in [0.29, 0.717) is 13.0 Å². The van der Waals surface area contributed by atoms with Gasteiger partial charge in [0, 0.05) is 6.54 Å². The van der Waals surface area contributed by atoms with Crippen LogP contribution in [-0.2, 0) is 11.2 Å². The van der Waals surface area contributed by atoms with Crippen molar-refractivity contribution in [3.05, 3.63) is 59.4 Å². The summed E-state index contributed by atoms with van der Waals surface area (Å²) < 4.78 is 23.7. The maximum atomic E-state index is 13.1. The minimum atomic E-state index is -0.461. The molecule has 0 saturated heterocycles. The molecule has 2 aromatic rings. The van der Waals surface area contributed by atoms with E-state index >= 15 is 0 Å². The molecule has 0 aliphatic carbocycles. The van der Waals surface area contributed by atoms with E-state index in [1.54, 1.807) is 12.1 Å². The van der Waals surface area contributed by atoms with Crippen molar-refractivity contribution in [1.29, 1.82) is 0 Å². The van der Waals surface area contributed by atoms with Crippen molar-refractivity contribution in [3.8, 4) is 11.5 Å². The third kappa shape index (κ3) is 4.09. The molecule has 1 amide bonds. The lowest BCUT2D eigenvalue weighted by Gasteiger charge is -2.24. The number of fused-ring (bicyclic) bond motifs is 1. The predicted molar refractivity (Wildman–Crippen MR) is 92.1 cm³/mol. The van der Waals surface area contributed by atoms with Crippen LogP contribution in [0.3, 0.4) is 0 Å². The van der Waals surface area contributed by atoms with Gasteiger partial charge in [0.25, 0.3) is 0 Å². The number of carbonyl (C=O) groups excluding carboxylic acids is 1. The maximum absolute atomic E-state index is 13.1. The van der Waals surface area contributed by atoms with Crippen molar-refractivity contribution in [2.75, 3.05) is 27.4 Å². The van der Waals surface area contributed by atoms with Gasteiger partial charge in [-0.15, -0.1) is 0 Å². The van der Waals surface area contributed by atoms with Crippen LogP contribution in [0.15, 0.2) is 42.5 Å². The summed E-state index contributed by atoms with van der Waals surface area (Å²) in [4.78, 5) is 14.4. The number of rotatable bonds is 6. The van der Waals surface area contributed by atoms with Gasteiger partial charge in [0.2, 0.25) is 12.7 Å². The molecule has 0 fully saturated rings. The summed E-state index contributed by atoms with van der Waals surface area (Å²) in [5.74, 6) is 1.06. The summed E-state index contributed by atoms with van der Waals surface area (Å²) in [5, 5.41) is 2.95. The minimum absolute atomic E-state index is 0.114. The summed E-state index contributed by atoms with van der Waals surface area (Å²) in [7, 11) is 3.65. The zero-order chi connectivity index (χ0) is 17.8. The second-order valence-electron chi connectivity index (χ2n) is 6.15. The third-order valence-corrected chi connectivity index (χ3v) is 4.10. The molecule has 0 saturated carbocycles. The number of hydrogen-bond acceptors (Lipinski definition) is 4. The van der Waals surface area contributed by atoms with Gasteiger partial charge in [0.1, 0.15) is 11.9 Å². The van der Waals surface area contributed by atoms with Gasteiger partial charge in [-0.1, -0.05) is 18.2 Å². The van der Waals surface area contributed by atoms with E-state index < -0.39 is 6.04 Å². The van der Waals surface area contributed by atoms with Crippen LogP contribution in [-0.4, -0.2) is 38.2 Å². The first-order valence-corrected chi connectivity index (χ1v) is 8.13. The lowest BCUT2D eigenvalue weighted by atomic mass is 10.0. The number of nitrogens with zero attached hydrogens (tertiary/aromatic N) is 1. The van der Waals surface area contributed by atoms with Crippen molar-refractivity contribution in [2.24, 2.45) is 0 Å². The molecule has 1 aliphatic heterocycles. The molecule has 5 nitrogen and oxygen atoms in total. The molecule has 25 heavy (non-hydrogen) atoms. The molecule has 1 heterocycles. The summed E-state index contributed by atoms with van der Waals surface area (Å²) in [6.07, 6.45) is 0.686. The standard InChI is InChI=1S/C19H21FN2O3/c1-22(2)18(14-4-6-15(20)7-5-14)19(23)21-10-9-13-3-8-16-17(11-13)25-12-24-16/h3-8,11,18H,9-10,12H2,1-2H3,(H,21,23)/t18-/m0/s1. The maximum Gasteiger partial charge on any atom is 0.241 e. The number of likely N-dealkylation sites (N-methyl/N-ethyl adjacent to an activating group) is 1. The largest absolute Gasteiger partial charge is 0.454 e. The summed E-state index contributed by atoms with van der Waals surface area (Å²) in [5.41, 5.74) is 1.82. The molecule has 0 radical (unpaired) electrons. The first-order chi connectivity index (χ1) is 12.0. The fourth-order valence-corrected chi connectivity index (χ4v) is 2.85.